The van der Waals surface area contributed by atoms with Crippen LogP contribution in [0.2, 0.25) is 0 Å². The maximum atomic E-state index is 10.3. The Hall–Kier alpha value is 1.13. The standard InChI is InChI=1S/C5H8O4.CHI3/c1-8-4(6)3-5(7)9-2;2-1(3)4/h3H2,1-2H3;1H. The third-order valence-corrected chi connectivity index (χ3v) is 0.744. The molecule has 0 amide bonds. The van der Waals surface area contributed by atoms with Crippen LogP contribution in [0.5, 0.6) is 0 Å². The molecule has 0 rings (SSSR count). The molecule has 0 aliphatic rings. The molecular weight excluding hydrogens is 517 g/mol. The first-order chi connectivity index (χ1) is 5.93. The van der Waals surface area contributed by atoms with Gasteiger partial charge < -0.3 is 9.47 Å². The van der Waals surface area contributed by atoms with Gasteiger partial charge in [-0.25, -0.2) is 0 Å². The summed E-state index contributed by atoms with van der Waals surface area (Å²) in [5, 5.41) is 0. The van der Waals surface area contributed by atoms with Gasteiger partial charge in [0, 0.05) is 0 Å². The number of hydrogen-bond donors (Lipinski definition) is 0. The van der Waals surface area contributed by atoms with E-state index >= 15 is 0 Å². The predicted molar refractivity (Wildman–Crippen MR) is 74.5 cm³/mol. The summed E-state index contributed by atoms with van der Waals surface area (Å²) < 4.78 is 9.11. The number of carbonyl (C=O) groups excluding carboxylic acids is 2. The Balaban J connectivity index is 0. The first-order valence-electron chi connectivity index (χ1n) is 2.99. The molecule has 0 aromatic heterocycles. The van der Waals surface area contributed by atoms with E-state index < -0.39 is 11.9 Å². The lowest BCUT2D eigenvalue weighted by Crippen LogP contribution is -2.09. The van der Waals surface area contributed by atoms with E-state index in [1.165, 1.54) is 14.2 Å². The second kappa shape index (κ2) is 11.2. The molecule has 0 radical (unpaired) electrons. The minimum atomic E-state index is -0.582. The van der Waals surface area contributed by atoms with Gasteiger partial charge in [0.25, 0.3) is 0 Å². The Morgan fingerprint density at radius 3 is 1.46 bits per heavy atom. The van der Waals surface area contributed by atoms with Crippen LogP contribution in [0.4, 0.5) is 0 Å². The van der Waals surface area contributed by atoms with Gasteiger partial charge in [-0.15, -0.1) is 0 Å². The average Bonchev–Trinajstić information content (AvgIpc) is 2.03. The van der Waals surface area contributed by atoms with E-state index in [9.17, 15) is 9.59 Å². The molecule has 0 N–H and O–H groups in total. The fourth-order valence-electron chi connectivity index (χ4n) is 0.262. The Morgan fingerprint density at radius 2 is 1.31 bits per heavy atom. The van der Waals surface area contributed by atoms with Crippen LogP contribution in [-0.4, -0.2) is 26.1 Å². The molecule has 0 aliphatic heterocycles. The van der Waals surface area contributed by atoms with Gasteiger partial charge in [-0.3, -0.25) is 9.59 Å². The average molecular weight is 526 g/mol. The monoisotopic (exact) mass is 526 g/mol. The molecule has 0 aromatic carbocycles. The number of esters is 2. The summed E-state index contributed by atoms with van der Waals surface area (Å²) >= 11 is 6.95. The van der Waals surface area contributed by atoms with E-state index in [2.05, 4.69) is 77.2 Å². The van der Waals surface area contributed by atoms with Crippen LogP contribution in [0.3, 0.4) is 0 Å². The highest BCUT2D eigenvalue weighted by Gasteiger charge is 2.07. The van der Waals surface area contributed by atoms with Crippen molar-refractivity contribution in [3.05, 3.63) is 0 Å². The van der Waals surface area contributed by atoms with Crippen molar-refractivity contribution in [3.63, 3.8) is 0 Å². The molecule has 0 aromatic rings. The minimum absolute atomic E-state index is 0.312. The fraction of sp³-hybridized carbons (Fsp3) is 0.667. The van der Waals surface area contributed by atoms with Crippen LogP contribution >= 0.6 is 67.8 Å². The highest BCUT2D eigenvalue weighted by molar-refractivity contribution is 14.3. The van der Waals surface area contributed by atoms with Crippen molar-refractivity contribution in [2.45, 2.75) is 6.36 Å². The number of rotatable bonds is 2. The number of methoxy groups -OCH3 is 2. The highest BCUT2D eigenvalue weighted by atomic mass is 127. The second-order valence-corrected chi connectivity index (χ2v) is 12.5. The third kappa shape index (κ3) is 19.5. The molecule has 0 spiro atoms. The summed E-state index contributed by atoms with van der Waals surface area (Å²) in [6.07, 6.45) is -0.312. The number of halogens is 3. The first kappa shape index (κ1) is 16.6. The van der Waals surface area contributed by atoms with Crippen LogP contribution in [0, 0.1) is 0 Å². The molecule has 0 saturated carbocycles. The largest absolute Gasteiger partial charge is 0.469 e. The summed E-state index contributed by atoms with van der Waals surface area (Å²) in [7, 11) is 2.43. The lowest BCUT2D eigenvalue weighted by molar-refractivity contribution is -0.151. The zero-order chi connectivity index (χ0) is 10.9. The molecule has 0 bridgehead atoms. The molecule has 13 heavy (non-hydrogen) atoms. The van der Waals surface area contributed by atoms with E-state index in [4.69, 9.17) is 0 Å². The predicted octanol–water partition coefficient (Wildman–Crippen LogP) is 2.30. The number of alkyl halides is 3. The van der Waals surface area contributed by atoms with Gasteiger partial charge in [-0.1, -0.05) is 67.8 Å². The quantitative estimate of drug-likeness (QED) is 0.240. The van der Waals surface area contributed by atoms with Gasteiger partial charge in [-0.2, -0.15) is 0 Å². The van der Waals surface area contributed by atoms with Crippen molar-refractivity contribution in [1.82, 2.24) is 0 Å². The van der Waals surface area contributed by atoms with Crippen molar-refractivity contribution in [1.29, 1.82) is 0 Å². The summed E-state index contributed by atoms with van der Waals surface area (Å²) in [5.74, 6) is -1.16. The number of ether oxygens (including phenoxy) is 2. The van der Waals surface area contributed by atoms with Crippen LogP contribution in [-0.2, 0) is 19.1 Å². The van der Waals surface area contributed by atoms with E-state index in [-0.39, 0.29) is 6.42 Å². The Kier molecular flexibility index (Phi) is 14.3. The van der Waals surface area contributed by atoms with Crippen molar-refractivity contribution in [3.8, 4) is 0 Å². The summed E-state index contributed by atoms with van der Waals surface area (Å²) in [5.41, 5.74) is 0. The topological polar surface area (TPSA) is 52.6 Å². The van der Waals surface area contributed by atoms with Crippen molar-refractivity contribution >= 4 is 79.7 Å². The molecule has 0 heterocycles. The molecule has 0 fully saturated rings. The van der Waals surface area contributed by atoms with Crippen LogP contribution < -0.4 is 0 Å². The third-order valence-electron chi connectivity index (χ3n) is 0.744. The SMILES string of the molecule is COC(=O)CC(=O)OC.IC(I)I. The van der Waals surface area contributed by atoms with Gasteiger partial charge >= 0.3 is 11.9 Å². The van der Waals surface area contributed by atoms with Crippen LogP contribution in [0.1, 0.15) is 6.42 Å². The van der Waals surface area contributed by atoms with Crippen molar-refractivity contribution in [2.75, 3.05) is 14.2 Å². The molecule has 4 nitrogen and oxygen atoms in total. The first-order valence-corrected chi connectivity index (χ1v) is 6.73. The normalized spacial score (nSPS) is 8.46. The number of hydrogen-bond acceptors (Lipinski definition) is 4. The molecule has 0 unspecified atom stereocenters. The second-order valence-electron chi connectivity index (χ2n) is 1.58. The zero-order valence-electron chi connectivity index (χ0n) is 7.05. The minimum Gasteiger partial charge on any atom is -0.469 e. The smallest absolute Gasteiger partial charge is 0.316 e. The van der Waals surface area contributed by atoms with E-state index in [1.807, 2.05) is 0 Å². The molecule has 0 atom stereocenters. The fourth-order valence-corrected chi connectivity index (χ4v) is 0.262. The summed E-state index contributed by atoms with van der Waals surface area (Å²) in [4.78, 5) is 20.5. The van der Waals surface area contributed by atoms with Crippen LogP contribution in [0.15, 0.2) is 0 Å². The van der Waals surface area contributed by atoms with Crippen LogP contribution in [0.25, 0.3) is 0 Å². The lowest BCUT2D eigenvalue weighted by atomic mass is 10.4. The molecule has 7 heteroatoms. The molecule has 78 valence electrons. The van der Waals surface area contributed by atoms with Gasteiger partial charge in [0.05, 0.1) is 14.2 Å². The maximum Gasteiger partial charge on any atom is 0.316 e. The van der Waals surface area contributed by atoms with E-state index in [1.54, 1.807) is 0 Å². The molecule has 0 saturated heterocycles. The van der Waals surface area contributed by atoms with E-state index in [0.29, 0.717) is 0 Å². The van der Waals surface area contributed by atoms with Gasteiger partial charge in [-0.05, 0) is 0 Å². The summed E-state index contributed by atoms with van der Waals surface area (Å²) in [6.45, 7) is 0. The van der Waals surface area contributed by atoms with Gasteiger partial charge in [0.2, 0.25) is 0 Å². The van der Waals surface area contributed by atoms with Crippen molar-refractivity contribution < 1.29 is 19.1 Å². The molecule has 0 aliphatic carbocycles. The Labute approximate surface area is 118 Å². The van der Waals surface area contributed by atoms with Crippen molar-refractivity contribution in [2.24, 2.45) is 0 Å². The number of carbonyl (C=O) groups is 2. The summed E-state index contributed by atoms with van der Waals surface area (Å²) in [6, 6.07) is 0. The van der Waals surface area contributed by atoms with Gasteiger partial charge in [0.1, 0.15) is 6.36 Å². The Bertz CT molecular complexity index is 143. The Morgan fingerprint density at radius 1 is 1.08 bits per heavy atom. The maximum absolute atomic E-state index is 10.3. The molecular formula is C6H9I3O4. The van der Waals surface area contributed by atoms with Gasteiger partial charge in [0.15, 0.2) is 0 Å². The lowest BCUT2D eigenvalue weighted by Gasteiger charge is -1.95. The van der Waals surface area contributed by atoms with E-state index in [0.717, 1.165) is -0.0619 Å². The highest BCUT2D eigenvalue weighted by Crippen LogP contribution is 2.16. The zero-order valence-corrected chi connectivity index (χ0v) is 13.5.